The Morgan fingerprint density at radius 3 is 1.61 bits per heavy atom. The third-order valence-corrected chi connectivity index (χ3v) is 8.75. The molecule has 0 N–H and O–H groups in total. The van der Waals surface area contributed by atoms with Gasteiger partial charge in [-0.3, -0.25) is 0 Å². The van der Waals surface area contributed by atoms with E-state index >= 15 is 0 Å². The molecule has 0 aromatic carbocycles. The van der Waals surface area contributed by atoms with Crippen LogP contribution in [0, 0.1) is 41.4 Å². The quantitative estimate of drug-likeness (QED) is 0.696. The first-order chi connectivity index (χ1) is 11.2. The molecule has 0 radical (unpaired) electrons. The van der Waals surface area contributed by atoms with Crippen molar-refractivity contribution in [1.29, 1.82) is 0 Å². The molecular formula is C21H32O2. The molecule has 2 nitrogen and oxygen atoms in total. The lowest BCUT2D eigenvalue weighted by atomic mass is 9.54. The summed E-state index contributed by atoms with van der Waals surface area (Å²) in [6.07, 6.45) is 16.4. The zero-order chi connectivity index (χ0) is 15.0. The van der Waals surface area contributed by atoms with E-state index < -0.39 is 0 Å². The number of hydrogen-bond donors (Lipinski definition) is 0. The molecule has 8 fully saturated rings. The van der Waals surface area contributed by atoms with Gasteiger partial charge in [0.25, 0.3) is 0 Å². The number of rotatable bonds is 4. The Bertz CT molecular complexity index is 421. The van der Waals surface area contributed by atoms with Crippen molar-refractivity contribution >= 4 is 0 Å². The van der Waals surface area contributed by atoms with Gasteiger partial charge in [0.05, 0.1) is 11.7 Å². The lowest BCUT2D eigenvalue weighted by Crippen LogP contribution is -2.53. The van der Waals surface area contributed by atoms with Crippen LogP contribution in [-0.4, -0.2) is 18.5 Å². The summed E-state index contributed by atoms with van der Waals surface area (Å²) in [7, 11) is 0. The van der Waals surface area contributed by atoms with Crippen LogP contribution in [0.4, 0.5) is 0 Å². The fourth-order valence-corrected chi connectivity index (χ4v) is 8.59. The Morgan fingerprint density at radius 2 is 1.09 bits per heavy atom. The zero-order valence-corrected chi connectivity index (χ0v) is 14.4. The molecule has 8 saturated carbocycles. The standard InChI is InChI=1S/C21H32O2/c1-13-5-18-7-14(1)8-19(6-13)20(18)22-12-23-21-9-15-2-16(10-21)4-17(3-15)11-21/h13-20H,1-12H2. The summed E-state index contributed by atoms with van der Waals surface area (Å²) in [5.74, 6) is 6.74. The van der Waals surface area contributed by atoms with Crippen molar-refractivity contribution in [2.45, 2.75) is 82.3 Å². The number of hydrogen-bond acceptors (Lipinski definition) is 2. The molecule has 0 aromatic heterocycles. The fraction of sp³-hybridized carbons (Fsp3) is 1.00. The molecule has 128 valence electrons. The van der Waals surface area contributed by atoms with Gasteiger partial charge in [-0.05, 0) is 112 Å². The van der Waals surface area contributed by atoms with Crippen LogP contribution in [0.2, 0.25) is 0 Å². The highest BCUT2D eigenvalue weighted by atomic mass is 16.7. The van der Waals surface area contributed by atoms with Crippen LogP contribution in [0.1, 0.15) is 70.6 Å². The molecular weight excluding hydrogens is 284 g/mol. The minimum atomic E-state index is 0.223. The average molecular weight is 316 g/mol. The highest BCUT2D eigenvalue weighted by Gasteiger charge is 2.52. The van der Waals surface area contributed by atoms with Crippen molar-refractivity contribution in [2.75, 3.05) is 6.79 Å². The summed E-state index contributed by atoms with van der Waals surface area (Å²) < 4.78 is 13.0. The molecule has 0 saturated heterocycles. The summed E-state index contributed by atoms with van der Waals surface area (Å²) in [5.41, 5.74) is 0.223. The van der Waals surface area contributed by atoms with Gasteiger partial charge < -0.3 is 9.47 Å². The maximum absolute atomic E-state index is 6.53. The highest BCUT2D eigenvalue weighted by Crippen LogP contribution is 2.58. The van der Waals surface area contributed by atoms with E-state index in [1.165, 1.54) is 70.6 Å². The average Bonchev–Trinajstić information content (AvgIpc) is 2.48. The van der Waals surface area contributed by atoms with Gasteiger partial charge in [-0.25, -0.2) is 0 Å². The normalized spacial score (nSPS) is 59.0. The van der Waals surface area contributed by atoms with Crippen molar-refractivity contribution in [1.82, 2.24) is 0 Å². The summed E-state index contributed by atoms with van der Waals surface area (Å²) in [5, 5.41) is 0. The Balaban J connectivity index is 1.09. The van der Waals surface area contributed by atoms with Gasteiger partial charge in [-0.1, -0.05) is 0 Å². The lowest BCUT2D eigenvalue weighted by molar-refractivity contribution is -0.241. The van der Waals surface area contributed by atoms with E-state index in [0.29, 0.717) is 12.9 Å². The predicted octanol–water partition coefficient (Wildman–Crippen LogP) is 4.77. The van der Waals surface area contributed by atoms with Crippen LogP contribution in [-0.2, 0) is 9.47 Å². The van der Waals surface area contributed by atoms with Gasteiger partial charge in [0.15, 0.2) is 0 Å². The Morgan fingerprint density at radius 1 is 0.609 bits per heavy atom. The van der Waals surface area contributed by atoms with Gasteiger partial charge in [-0.15, -0.1) is 0 Å². The molecule has 0 heterocycles. The van der Waals surface area contributed by atoms with Crippen molar-refractivity contribution in [3.05, 3.63) is 0 Å². The van der Waals surface area contributed by atoms with Crippen molar-refractivity contribution < 1.29 is 9.47 Å². The van der Waals surface area contributed by atoms with Gasteiger partial charge in [0.1, 0.15) is 6.79 Å². The van der Waals surface area contributed by atoms with Crippen LogP contribution >= 0.6 is 0 Å². The smallest absolute Gasteiger partial charge is 0.147 e. The minimum Gasteiger partial charge on any atom is -0.352 e. The van der Waals surface area contributed by atoms with Crippen molar-refractivity contribution in [2.24, 2.45) is 41.4 Å². The second-order valence-electron chi connectivity index (χ2n) is 10.4. The van der Waals surface area contributed by atoms with Crippen LogP contribution in [0.5, 0.6) is 0 Å². The molecule has 0 atom stereocenters. The largest absolute Gasteiger partial charge is 0.352 e. The highest BCUT2D eigenvalue weighted by molar-refractivity contribution is 5.03. The molecule has 0 aliphatic heterocycles. The van der Waals surface area contributed by atoms with Crippen molar-refractivity contribution in [3.63, 3.8) is 0 Å². The number of ether oxygens (including phenoxy) is 2. The van der Waals surface area contributed by atoms with Crippen LogP contribution in [0.15, 0.2) is 0 Å². The predicted molar refractivity (Wildman–Crippen MR) is 88.8 cm³/mol. The summed E-state index contributed by atoms with van der Waals surface area (Å²) in [6, 6.07) is 0. The molecule has 0 unspecified atom stereocenters. The van der Waals surface area contributed by atoms with Gasteiger partial charge in [0.2, 0.25) is 0 Å². The summed E-state index contributed by atoms with van der Waals surface area (Å²) in [6.45, 7) is 0.596. The van der Waals surface area contributed by atoms with Crippen LogP contribution in [0.3, 0.4) is 0 Å². The second-order valence-corrected chi connectivity index (χ2v) is 10.4. The Labute approximate surface area is 140 Å². The lowest BCUT2D eigenvalue weighted by Gasteiger charge is -2.57. The topological polar surface area (TPSA) is 18.5 Å². The van der Waals surface area contributed by atoms with E-state index in [2.05, 4.69) is 0 Å². The zero-order valence-electron chi connectivity index (χ0n) is 14.4. The van der Waals surface area contributed by atoms with E-state index in [1.807, 2.05) is 0 Å². The van der Waals surface area contributed by atoms with Gasteiger partial charge in [-0.2, -0.15) is 0 Å². The summed E-state index contributed by atoms with van der Waals surface area (Å²) in [4.78, 5) is 0. The van der Waals surface area contributed by atoms with E-state index in [0.717, 1.165) is 41.4 Å². The minimum absolute atomic E-state index is 0.223. The maximum Gasteiger partial charge on any atom is 0.147 e. The SMILES string of the molecule is C(OC1C2CC3CC(C2)CC1C3)OC12CC3CC(CC(C3)C1)C2. The van der Waals surface area contributed by atoms with Crippen LogP contribution < -0.4 is 0 Å². The Hall–Kier alpha value is -0.0800. The van der Waals surface area contributed by atoms with E-state index in [1.54, 1.807) is 0 Å². The van der Waals surface area contributed by atoms with E-state index in [9.17, 15) is 0 Å². The van der Waals surface area contributed by atoms with Gasteiger partial charge in [0, 0.05) is 0 Å². The third kappa shape index (κ3) is 2.27. The molecule has 2 heteroatoms. The molecule has 8 bridgehead atoms. The molecule has 0 spiro atoms. The molecule has 0 amide bonds. The van der Waals surface area contributed by atoms with E-state index in [-0.39, 0.29) is 5.60 Å². The van der Waals surface area contributed by atoms with Crippen LogP contribution in [0.25, 0.3) is 0 Å². The van der Waals surface area contributed by atoms with E-state index in [4.69, 9.17) is 9.47 Å². The summed E-state index contributed by atoms with van der Waals surface area (Å²) >= 11 is 0. The molecule has 0 aromatic rings. The molecule has 8 aliphatic rings. The van der Waals surface area contributed by atoms with Crippen molar-refractivity contribution in [3.8, 4) is 0 Å². The molecule has 8 rings (SSSR count). The third-order valence-electron chi connectivity index (χ3n) is 8.75. The fourth-order valence-electron chi connectivity index (χ4n) is 8.59. The first-order valence-corrected chi connectivity index (χ1v) is 10.5. The molecule has 8 aliphatic carbocycles. The van der Waals surface area contributed by atoms with Gasteiger partial charge >= 0.3 is 0 Å². The Kier molecular flexibility index (Phi) is 3.05. The first-order valence-electron chi connectivity index (χ1n) is 10.5. The molecule has 23 heavy (non-hydrogen) atoms. The monoisotopic (exact) mass is 316 g/mol. The second kappa shape index (κ2) is 4.97. The first kappa shape index (κ1) is 14.1. The maximum atomic E-state index is 6.53.